The van der Waals surface area contributed by atoms with Crippen molar-refractivity contribution in [3.63, 3.8) is 0 Å². The number of ether oxygens (including phenoxy) is 2. The Morgan fingerprint density at radius 1 is 1.13 bits per heavy atom. The van der Waals surface area contributed by atoms with E-state index in [2.05, 4.69) is 25.3 Å². The minimum atomic E-state index is -2.11. The van der Waals surface area contributed by atoms with Crippen LogP contribution in [0.25, 0.3) is 0 Å². The summed E-state index contributed by atoms with van der Waals surface area (Å²) in [6.07, 6.45) is 3.57. The lowest BCUT2D eigenvalue weighted by Gasteiger charge is -2.31. The molecule has 0 amide bonds. The number of aliphatic hydroxyl groups excluding tert-OH is 1. The second-order valence-electron chi connectivity index (χ2n) is 10.0. The van der Waals surface area contributed by atoms with Crippen LogP contribution in [0.3, 0.4) is 0 Å². The molecule has 0 spiro atoms. The van der Waals surface area contributed by atoms with Crippen LogP contribution < -0.4 is 0 Å². The number of esters is 2. The average Bonchev–Trinajstić information content (AvgIpc) is 2.61. The van der Waals surface area contributed by atoms with Crippen molar-refractivity contribution < 1.29 is 29.3 Å². The smallest absolute Gasteiger partial charge is 0.344 e. The summed E-state index contributed by atoms with van der Waals surface area (Å²) >= 11 is 0. The molecule has 2 N–H and O–H groups in total. The fourth-order valence-corrected chi connectivity index (χ4v) is 4.49. The van der Waals surface area contributed by atoms with E-state index < -0.39 is 31.3 Å². The van der Waals surface area contributed by atoms with Crippen molar-refractivity contribution in [1.29, 1.82) is 0 Å². The predicted molar refractivity (Wildman–Crippen MR) is 123 cm³/mol. The maximum absolute atomic E-state index is 12.2. The van der Waals surface area contributed by atoms with Crippen LogP contribution in [-0.2, 0) is 19.1 Å². The van der Waals surface area contributed by atoms with Crippen molar-refractivity contribution in [2.75, 3.05) is 7.11 Å². The van der Waals surface area contributed by atoms with E-state index in [1.54, 1.807) is 13.0 Å². The van der Waals surface area contributed by atoms with Crippen molar-refractivity contribution in [1.82, 2.24) is 0 Å². The fraction of sp³-hybridized carbons (Fsp3) is 0.739. The second-order valence-corrected chi connectivity index (χ2v) is 15.0. The Kier molecular flexibility index (Phi) is 11.2. The monoisotopic (exact) mass is 442 g/mol. The van der Waals surface area contributed by atoms with Gasteiger partial charge in [-0.3, -0.25) is 4.79 Å². The molecule has 3 atom stereocenters. The highest BCUT2D eigenvalue weighted by molar-refractivity contribution is 6.81. The number of rotatable bonds is 11. The van der Waals surface area contributed by atoms with Crippen LogP contribution in [0.5, 0.6) is 0 Å². The van der Waals surface area contributed by atoms with Crippen LogP contribution in [0, 0.1) is 5.92 Å². The minimum Gasteiger partial charge on any atom is -0.467 e. The van der Waals surface area contributed by atoms with Crippen molar-refractivity contribution in [3.8, 4) is 0 Å². The Balaban J connectivity index is 5.48. The third kappa shape index (κ3) is 10.5. The summed E-state index contributed by atoms with van der Waals surface area (Å²) in [7, 11) is -0.378. The van der Waals surface area contributed by atoms with E-state index in [0.29, 0.717) is 19.3 Å². The topological polar surface area (TPSA) is 93.1 Å². The summed E-state index contributed by atoms with van der Waals surface area (Å²) in [5.74, 6) is -1.44. The lowest BCUT2D eigenvalue weighted by Crippen LogP contribution is -2.51. The summed E-state index contributed by atoms with van der Waals surface area (Å²) in [6, 6.07) is 0. The predicted octanol–water partition coefficient (Wildman–Crippen LogP) is 4.17. The normalized spacial score (nSPS) is 17.4. The molecule has 0 unspecified atom stereocenters. The summed E-state index contributed by atoms with van der Waals surface area (Å²) in [4.78, 5) is 24.3. The summed E-state index contributed by atoms with van der Waals surface area (Å²) < 4.78 is 10.1. The van der Waals surface area contributed by atoms with E-state index >= 15 is 0 Å². The highest BCUT2D eigenvalue weighted by atomic mass is 28.3. The van der Waals surface area contributed by atoms with Crippen LogP contribution in [0.1, 0.15) is 60.3 Å². The molecule has 0 aliphatic carbocycles. The first-order valence-corrected chi connectivity index (χ1v) is 14.2. The van der Waals surface area contributed by atoms with E-state index in [9.17, 15) is 19.8 Å². The molecule has 0 radical (unpaired) electrons. The fourth-order valence-electron chi connectivity index (χ4n) is 3.00. The lowest BCUT2D eigenvalue weighted by atomic mass is 9.85. The molecule has 0 saturated heterocycles. The Labute approximate surface area is 183 Å². The van der Waals surface area contributed by atoms with Gasteiger partial charge < -0.3 is 19.7 Å². The van der Waals surface area contributed by atoms with Crippen LogP contribution in [0.15, 0.2) is 23.4 Å². The molecule has 0 aromatic heterocycles. The zero-order valence-electron chi connectivity index (χ0n) is 20.2. The third-order valence-corrected chi connectivity index (χ3v) is 5.88. The van der Waals surface area contributed by atoms with Gasteiger partial charge in [0.1, 0.15) is 5.60 Å². The van der Waals surface area contributed by atoms with Gasteiger partial charge in [-0.05, 0) is 45.6 Å². The Morgan fingerprint density at radius 3 is 2.13 bits per heavy atom. The van der Waals surface area contributed by atoms with Crippen molar-refractivity contribution in [2.24, 2.45) is 5.92 Å². The Bertz CT molecular complexity index is 627. The molecule has 0 fully saturated rings. The molecule has 0 rings (SSSR count). The van der Waals surface area contributed by atoms with Crippen molar-refractivity contribution in [3.05, 3.63) is 23.4 Å². The summed E-state index contributed by atoms with van der Waals surface area (Å²) in [5, 5.41) is 21.3. The van der Waals surface area contributed by atoms with Gasteiger partial charge in [-0.2, -0.15) is 0 Å². The van der Waals surface area contributed by atoms with Crippen LogP contribution in [0.4, 0.5) is 0 Å². The maximum Gasteiger partial charge on any atom is 0.344 e. The number of methoxy groups -OCH3 is 1. The number of hydrogen-bond donors (Lipinski definition) is 2. The van der Waals surface area contributed by atoms with Crippen LogP contribution >= 0.6 is 0 Å². The molecule has 0 aliphatic heterocycles. The second kappa shape index (κ2) is 11.8. The number of carbonyl (C=O) groups is 2. The highest BCUT2D eigenvalue weighted by Gasteiger charge is 2.44. The summed E-state index contributed by atoms with van der Waals surface area (Å²) in [5.41, 5.74) is 0.619. The van der Waals surface area contributed by atoms with E-state index in [1.807, 2.05) is 27.7 Å². The van der Waals surface area contributed by atoms with Crippen molar-refractivity contribution in [2.45, 2.75) is 97.2 Å². The number of hydrogen-bond acceptors (Lipinski definition) is 6. The first-order chi connectivity index (χ1) is 13.6. The first kappa shape index (κ1) is 28.6. The van der Waals surface area contributed by atoms with Gasteiger partial charge in [0.25, 0.3) is 0 Å². The third-order valence-electron chi connectivity index (χ3n) is 4.61. The SMILES string of the molecule is CC[C@H](C)[C@@H](O)[C@@](O)(/C=C/C/C(=C/[Si](C)(C)C)CCC(=O)OC(C)(C)C)C(=O)OC. The number of allylic oxidation sites excluding steroid dienone is 2. The minimum absolute atomic E-state index is 0.258. The molecule has 0 heterocycles. The van der Waals surface area contributed by atoms with Gasteiger partial charge in [-0.15, -0.1) is 0 Å². The number of carbonyl (C=O) groups excluding carboxylic acids is 2. The zero-order chi connectivity index (χ0) is 23.8. The molecule has 7 heteroatoms. The van der Waals surface area contributed by atoms with Crippen LogP contribution in [-0.4, -0.2) is 54.6 Å². The van der Waals surface area contributed by atoms with Crippen molar-refractivity contribution >= 4 is 20.0 Å². The quantitative estimate of drug-likeness (QED) is 0.283. The van der Waals surface area contributed by atoms with Gasteiger partial charge in [0.2, 0.25) is 5.60 Å². The molecule has 0 saturated carbocycles. The molecule has 0 aromatic carbocycles. The maximum atomic E-state index is 12.2. The Hall–Kier alpha value is -1.44. The van der Waals surface area contributed by atoms with Gasteiger partial charge in [0.05, 0.1) is 21.3 Å². The van der Waals surface area contributed by atoms with E-state index in [4.69, 9.17) is 9.47 Å². The lowest BCUT2D eigenvalue weighted by molar-refractivity contribution is -0.170. The van der Waals surface area contributed by atoms with Gasteiger partial charge in [0.15, 0.2) is 0 Å². The van der Waals surface area contributed by atoms with Crippen LogP contribution in [0.2, 0.25) is 19.6 Å². The molecule has 6 nitrogen and oxygen atoms in total. The van der Waals surface area contributed by atoms with Gasteiger partial charge in [-0.1, -0.05) is 57.3 Å². The Morgan fingerprint density at radius 2 is 1.70 bits per heavy atom. The first-order valence-electron chi connectivity index (χ1n) is 10.6. The molecular weight excluding hydrogens is 400 g/mol. The summed E-state index contributed by atoms with van der Waals surface area (Å²) in [6.45, 7) is 15.7. The van der Waals surface area contributed by atoms with Gasteiger partial charge in [-0.25, -0.2) is 4.79 Å². The van der Waals surface area contributed by atoms with Gasteiger partial charge >= 0.3 is 11.9 Å². The largest absolute Gasteiger partial charge is 0.467 e. The zero-order valence-corrected chi connectivity index (χ0v) is 21.2. The molecule has 0 bridgehead atoms. The van der Waals surface area contributed by atoms with E-state index in [-0.39, 0.29) is 18.3 Å². The standard InChI is InChI=1S/C23H42O6Si/c1-10-17(2)20(25)23(27,21(26)28-6)15-11-12-18(16-30(7,8)9)13-14-19(24)29-22(3,4)5/h11,15-17,20,25,27H,10,12-14H2,1-9H3/b15-11+,18-16-/t17-,20+,23-/m0/s1. The molecule has 0 aliphatic rings. The molecular formula is C23H42O6Si. The molecule has 174 valence electrons. The van der Waals surface area contributed by atoms with E-state index in [0.717, 1.165) is 5.57 Å². The highest BCUT2D eigenvalue weighted by Crippen LogP contribution is 2.25. The molecule has 0 aromatic rings. The molecule has 30 heavy (non-hydrogen) atoms. The van der Waals surface area contributed by atoms with E-state index in [1.165, 1.54) is 13.2 Å². The number of aliphatic hydroxyl groups is 2. The van der Waals surface area contributed by atoms with Gasteiger partial charge in [0, 0.05) is 6.42 Å². The average molecular weight is 443 g/mol.